The van der Waals surface area contributed by atoms with Crippen molar-refractivity contribution < 1.29 is 14.0 Å². The second-order valence-electron chi connectivity index (χ2n) is 2.74. The predicted molar refractivity (Wildman–Crippen MR) is 48.4 cm³/mol. The minimum atomic E-state index is -0.123. The van der Waals surface area contributed by atoms with Crippen LogP contribution in [0.5, 0.6) is 0 Å². The molecule has 0 bridgehead atoms. The van der Waals surface area contributed by atoms with E-state index in [4.69, 9.17) is 4.42 Å². The fourth-order valence-electron chi connectivity index (χ4n) is 0.837. The van der Waals surface area contributed by atoms with Gasteiger partial charge in [-0.2, -0.15) is 0 Å². The van der Waals surface area contributed by atoms with E-state index in [0.717, 1.165) is 5.56 Å². The van der Waals surface area contributed by atoms with E-state index in [2.05, 4.69) is 0 Å². The fourth-order valence-corrected chi connectivity index (χ4v) is 0.837. The second-order valence-corrected chi connectivity index (χ2v) is 2.74. The van der Waals surface area contributed by atoms with Crippen LogP contribution in [-0.2, 0) is 4.79 Å². The second kappa shape index (κ2) is 3.85. The summed E-state index contributed by atoms with van der Waals surface area (Å²) in [6, 6.07) is 1.60. The SMILES string of the molecule is CC(=O)/C=C/c1coc(C(C)=O)c1. The highest BCUT2D eigenvalue weighted by Gasteiger charge is 2.03. The zero-order chi connectivity index (χ0) is 9.84. The van der Waals surface area contributed by atoms with Crippen LogP contribution in [0, 0.1) is 0 Å². The first-order chi connectivity index (χ1) is 6.09. The Morgan fingerprint density at radius 3 is 2.54 bits per heavy atom. The fraction of sp³-hybridized carbons (Fsp3) is 0.200. The zero-order valence-corrected chi connectivity index (χ0v) is 7.53. The predicted octanol–water partition coefficient (Wildman–Crippen LogP) is 2.08. The minimum absolute atomic E-state index is 0.0365. The van der Waals surface area contributed by atoms with Crippen molar-refractivity contribution in [2.45, 2.75) is 13.8 Å². The molecule has 68 valence electrons. The first kappa shape index (κ1) is 9.45. The monoisotopic (exact) mass is 178 g/mol. The van der Waals surface area contributed by atoms with Crippen molar-refractivity contribution in [1.29, 1.82) is 0 Å². The van der Waals surface area contributed by atoms with Crippen LogP contribution in [0.25, 0.3) is 6.08 Å². The smallest absolute Gasteiger partial charge is 0.194 e. The van der Waals surface area contributed by atoms with E-state index in [9.17, 15) is 9.59 Å². The molecule has 0 amide bonds. The van der Waals surface area contributed by atoms with Gasteiger partial charge in [0.05, 0.1) is 6.26 Å². The van der Waals surface area contributed by atoms with Crippen molar-refractivity contribution in [3.8, 4) is 0 Å². The van der Waals surface area contributed by atoms with E-state index in [1.807, 2.05) is 0 Å². The normalized spacial score (nSPS) is 10.6. The van der Waals surface area contributed by atoms with Gasteiger partial charge < -0.3 is 4.42 Å². The molecule has 0 spiro atoms. The molecule has 1 rings (SSSR count). The van der Waals surface area contributed by atoms with E-state index < -0.39 is 0 Å². The average Bonchev–Trinajstić information content (AvgIpc) is 2.48. The van der Waals surface area contributed by atoms with Gasteiger partial charge in [0.25, 0.3) is 0 Å². The summed E-state index contributed by atoms with van der Waals surface area (Å²) in [6.07, 6.45) is 4.48. The lowest BCUT2D eigenvalue weighted by Gasteiger charge is -1.81. The molecule has 0 fully saturated rings. The number of carbonyl (C=O) groups is 2. The van der Waals surface area contributed by atoms with Crippen molar-refractivity contribution in [3.63, 3.8) is 0 Å². The number of hydrogen-bond donors (Lipinski definition) is 0. The van der Waals surface area contributed by atoms with Crippen LogP contribution in [0.15, 0.2) is 22.8 Å². The molecule has 0 unspecified atom stereocenters. The summed E-state index contributed by atoms with van der Waals surface area (Å²) in [7, 11) is 0. The summed E-state index contributed by atoms with van der Waals surface area (Å²) in [6.45, 7) is 2.89. The third-order valence-electron chi connectivity index (χ3n) is 1.48. The first-order valence-electron chi connectivity index (χ1n) is 3.87. The maximum atomic E-state index is 10.8. The highest BCUT2D eigenvalue weighted by Crippen LogP contribution is 2.09. The molecule has 0 radical (unpaired) electrons. The van der Waals surface area contributed by atoms with E-state index in [0.29, 0.717) is 5.76 Å². The Hall–Kier alpha value is -1.64. The summed E-state index contributed by atoms with van der Waals surface area (Å²) in [5, 5.41) is 0. The van der Waals surface area contributed by atoms with Crippen molar-refractivity contribution >= 4 is 17.6 Å². The molecule has 0 atom stereocenters. The van der Waals surface area contributed by atoms with E-state index in [-0.39, 0.29) is 11.6 Å². The summed E-state index contributed by atoms with van der Waals surface area (Å²) in [4.78, 5) is 21.4. The van der Waals surface area contributed by atoms with E-state index in [1.165, 1.54) is 26.2 Å². The molecule has 1 aromatic heterocycles. The van der Waals surface area contributed by atoms with Crippen LogP contribution in [0.3, 0.4) is 0 Å². The van der Waals surface area contributed by atoms with Gasteiger partial charge in [-0.25, -0.2) is 0 Å². The highest BCUT2D eigenvalue weighted by molar-refractivity contribution is 5.93. The van der Waals surface area contributed by atoms with Gasteiger partial charge in [0.1, 0.15) is 0 Å². The topological polar surface area (TPSA) is 47.3 Å². The Balaban J connectivity index is 2.80. The first-order valence-corrected chi connectivity index (χ1v) is 3.87. The Bertz CT molecular complexity index is 358. The molecule has 0 saturated heterocycles. The Morgan fingerprint density at radius 1 is 1.38 bits per heavy atom. The molecular formula is C10H10O3. The lowest BCUT2D eigenvalue weighted by molar-refractivity contribution is -0.112. The summed E-state index contributed by atoms with van der Waals surface area (Å²) in [5.41, 5.74) is 0.723. The Kier molecular flexibility index (Phi) is 2.80. The number of hydrogen-bond acceptors (Lipinski definition) is 3. The molecule has 0 aliphatic carbocycles. The molecule has 0 aromatic carbocycles. The van der Waals surface area contributed by atoms with E-state index in [1.54, 1.807) is 12.1 Å². The van der Waals surface area contributed by atoms with E-state index >= 15 is 0 Å². The summed E-state index contributed by atoms with van der Waals surface area (Å²) < 4.78 is 4.95. The molecular weight excluding hydrogens is 168 g/mol. The van der Waals surface area contributed by atoms with Crippen molar-refractivity contribution in [3.05, 3.63) is 29.7 Å². The van der Waals surface area contributed by atoms with Crippen LogP contribution >= 0.6 is 0 Å². The molecule has 0 aliphatic rings. The van der Waals surface area contributed by atoms with Gasteiger partial charge in [-0.1, -0.05) is 0 Å². The third kappa shape index (κ3) is 2.71. The number of furan rings is 1. The number of carbonyl (C=O) groups excluding carboxylic acids is 2. The highest BCUT2D eigenvalue weighted by atomic mass is 16.3. The van der Waals surface area contributed by atoms with Crippen LogP contribution in [0.1, 0.15) is 30.0 Å². The number of allylic oxidation sites excluding steroid dienone is 1. The van der Waals surface area contributed by atoms with Gasteiger partial charge in [0.2, 0.25) is 0 Å². The van der Waals surface area contributed by atoms with Crippen LogP contribution in [0.2, 0.25) is 0 Å². The van der Waals surface area contributed by atoms with Crippen LogP contribution in [0.4, 0.5) is 0 Å². The van der Waals surface area contributed by atoms with Crippen molar-refractivity contribution in [2.24, 2.45) is 0 Å². The Labute approximate surface area is 76.0 Å². The van der Waals surface area contributed by atoms with Gasteiger partial charge in [-0.3, -0.25) is 9.59 Å². The summed E-state index contributed by atoms with van der Waals surface area (Å²) in [5.74, 6) is 0.149. The maximum absolute atomic E-state index is 10.8. The zero-order valence-electron chi connectivity index (χ0n) is 7.53. The number of Topliss-reactive ketones (excluding diaryl/α,β-unsaturated/α-hetero) is 1. The molecule has 3 nitrogen and oxygen atoms in total. The van der Waals surface area contributed by atoms with Crippen molar-refractivity contribution in [1.82, 2.24) is 0 Å². The molecule has 1 aromatic rings. The standard InChI is InChI=1S/C10H10O3/c1-7(11)3-4-9-5-10(8(2)12)13-6-9/h3-6H,1-2H3/b4-3+. The molecule has 0 saturated carbocycles. The molecule has 13 heavy (non-hydrogen) atoms. The number of rotatable bonds is 3. The van der Waals surface area contributed by atoms with Crippen LogP contribution in [-0.4, -0.2) is 11.6 Å². The van der Waals surface area contributed by atoms with Gasteiger partial charge in [-0.15, -0.1) is 0 Å². The quantitative estimate of drug-likeness (QED) is 0.526. The van der Waals surface area contributed by atoms with Gasteiger partial charge in [-0.05, 0) is 25.1 Å². The number of ketones is 2. The lowest BCUT2D eigenvalue weighted by Crippen LogP contribution is -1.86. The Morgan fingerprint density at radius 2 is 2.08 bits per heavy atom. The molecule has 0 aliphatic heterocycles. The molecule has 3 heteroatoms. The molecule has 0 N–H and O–H groups in total. The lowest BCUT2D eigenvalue weighted by atomic mass is 10.2. The van der Waals surface area contributed by atoms with Gasteiger partial charge >= 0.3 is 0 Å². The maximum Gasteiger partial charge on any atom is 0.194 e. The van der Waals surface area contributed by atoms with Crippen molar-refractivity contribution in [2.75, 3.05) is 0 Å². The summed E-state index contributed by atoms with van der Waals surface area (Å²) >= 11 is 0. The third-order valence-corrected chi connectivity index (χ3v) is 1.48. The van der Waals surface area contributed by atoms with Crippen LogP contribution < -0.4 is 0 Å². The largest absolute Gasteiger partial charge is 0.461 e. The average molecular weight is 178 g/mol. The van der Waals surface area contributed by atoms with Gasteiger partial charge in [0.15, 0.2) is 17.3 Å². The molecule has 1 heterocycles. The van der Waals surface area contributed by atoms with Gasteiger partial charge in [0, 0.05) is 12.5 Å². The minimum Gasteiger partial charge on any atom is -0.461 e.